The number of non-ortho nitro benzene ring substituents is 1. The minimum atomic E-state index is -4.42. The van der Waals surface area contributed by atoms with Crippen LogP contribution in [-0.4, -0.2) is 19.2 Å². The number of amides is 1. The van der Waals surface area contributed by atoms with Crippen molar-refractivity contribution in [3.8, 4) is 0 Å². The van der Waals surface area contributed by atoms with Crippen LogP contribution in [0, 0.1) is 28.7 Å². The molecule has 0 bridgehead atoms. The first kappa shape index (κ1) is 17.5. The van der Waals surface area contributed by atoms with Gasteiger partial charge in [0.05, 0.1) is 15.4 Å². The summed E-state index contributed by atoms with van der Waals surface area (Å²) in [7, 11) is -4.42. The molecule has 2 rings (SSSR count). The molecule has 0 fully saturated rings. The third-order valence-electron chi connectivity index (χ3n) is 3.06. The lowest BCUT2D eigenvalue weighted by Crippen LogP contribution is -2.31. The molecule has 24 heavy (non-hydrogen) atoms. The normalized spacial score (nSPS) is 11.1. The predicted octanol–water partition coefficient (Wildman–Crippen LogP) is 2.30. The van der Waals surface area contributed by atoms with Gasteiger partial charge in [-0.1, -0.05) is 0 Å². The van der Waals surface area contributed by atoms with E-state index in [1.807, 2.05) is 0 Å². The molecule has 2 aromatic carbocycles. The van der Waals surface area contributed by atoms with Gasteiger partial charge < -0.3 is 0 Å². The van der Waals surface area contributed by atoms with Crippen molar-refractivity contribution in [3.05, 3.63) is 69.3 Å². The lowest BCUT2D eigenvalue weighted by atomic mass is 10.2. The topological polar surface area (TPSA) is 106 Å². The van der Waals surface area contributed by atoms with E-state index < -0.39 is 42.9 Å². The fraction of sp³-hybridized carbons (Fsp3) is 0.0714. The molecule has 0 aromatic heterocycles. The third-order valence-corrected chi connectivity index (χ3v) is 4.55. The molecular formula is C14H10F2N2O5S. The summed E-state index contributed by atoms with van der Waals surface area (Å²) < 4.78 is 52.6. The minimum absolute atomic E-state index is 0.0178. The number of rotatable bonds is 4. The zero-order chi connectivity index (χ0) is 18.1. The van der Waals surface area contributed by atoms with Crippen molar-refractivity contribution in [1.29, 1.82) is 0 Å². The molecule has 7 nitrogen and oxygen atoms in total. The average Bonchev–Trinajstić information content (AvgIpc) is 2.48. The average molecular weight is 356 g/mol. The van der Waals surface area contributed by atoms with Crippen LogP contribution in [0.15, 0.2) is 41.3 Å². The highest BCUT2D eigenvalue weighted by molar-refractivity contribution is 7.90. The van der Waals surface area contributed by atoms with Crippen LogP contribution in [-0.2, 0) is 10.0 Å². The molecule has 2 aromatic rings. The second kappa shape index (κ2) is 6.32. The van der Waals surface area contributed by atoms with Crippen LogP contribution in [0.25, 0.3) is 0 Å². The van der Waals surface area contributed by atoms with Gasteiger partial charge in [-0.2, -0.15) is 0 Å². The van der Waals surface area contributed by atoms with Gasteiger partial charge in [0.1, 0.15) is 11.6 Å². The van der Waals surface area contributed by atoms with Gasteiger partial charge >= 0.3 is 0 Å². The maximum absolute atomic E-state index is 13.5. The Morgan fingerprint density at radius 1 is 1.17 bits per heavy atom. The molecule has 0 radical (unpaired) electrons. The Kier molecular flexibility index (Phi) is 4.60. The van der Waals surface area contributed by atoms with Gasteiger partial charge in [-0.05, 0) is 36.8 Å². The molecule has 0 heterocycles. The van der Waals surface area contributed by atoms with Gasteiger partial charge in [-0.25, -0.2) is 21.9 Å². The van der Waals surface area contributed by atoms with Crippen LogP contribution < -0.4 is 4.72 Å². The fourth-order valence-corrected chi connectivity index (χ4v) is 3.15. The number of nitro groups is 1. The van der Waals surface area contributed by atoms with Gasteiger partial charge in [-0.3, -0.25) is 14.9 Å². The summed E-state index contributed by atoms with van der Waals surface area (Å²) in [5.41, 5.74) is -1.09. The Labute approximate surface area is 135 Å². The van der Waals surface area contributed by atoms with Gasteiger partial charge in [0.2, 0.25) is 0 Å². The van der Waals surface area contributed by atoms with E-state index in [2.05, 4.69) is 0 Å². The first-order chi connectivity index (χ1) is 11.1. The summed E-state index contributed by atoms with van der Waals surface area (Å²) in [6.45, 7) is 1.30. The van der Waals surface area contributed by atoms with E-state index in [0.717, 1.165) is 24.3 Å². The largest absolute Gasteiger partial charge is 0.269 e. The van der Waals surface area contributed by atoms with E-state index >= 15 is 0 Å². The second-order valence-electron chi connectivity index (χ2n) is 4.77. The van der Waals surface area contributed by atoms with Crippen molar-refractivity contribution in [2.45, 2.75) is 11.8 Å². The Balaban J connectivity index is 2.36. The van der Waals surface area contributed by atoms with Crippen molar-refractivity contribution in [3.63, 3.8) is 0 Å². The smallest absolute Gasteiger partial charge is 0.268 e. The zero-order valence-corrected chi connectivity index (χ0v) is 12.9. The number of halogens is 2. The second-order valence-corrected chi connectivity index (χ2v) is 6.42. The molecule has 10 heteroatoms. The Bertz CT molecular complexity index is 944. The number of nitro benzene ring substituents is 1. The molecule has 126 valence electrons. The highest BCUT2D eigenvalue weighted by atomic mass is 32.2. The SMILES string of the molecule is Cc1cc([N+](=O)[O-])ccc1S(=O)(=O)NC(=O)c1cc(F)ccc1F. The van der Waals surface area contributed by atoms with Crippen molar-refractivity contribution >= 4 is 21.6 Å². The number of nitrogens with zero attached hydrogens (tertiary/aromatic N) is 1. The summed E-state index contributed by atoms with van der Waals surface area (Å²) in [4.78, 5) is 21.4. The molecule has 1 N–H and O–H groups in total. The maximum atomic E-state index is 13.5. The van der Waals surface area contributed by atoms with Crippen LogP contribution in [0.3, 0.4) is 0 Å². The van der Waals surface area contributed by atoms with E-state index in [0.29, 0.717) is 12.1 Å². The quantitative estimate of drug-likeness (QED) is 0.668. The number of aryl methyl sites for hydroxylation is 1. The number of hydrogen-bond donors (Lipinski definition) is 1. The molecule has 1 amide bonds. The third kappa shape index (κ3) is 3.54. The molecule has 0 aliphatic rings. The van der Waals surface area contributed by atoms with Crippen molar-refractivity contribution in [1.82, 2.24) is 4.72 Å². The van der Waals surface area contributed by atoms with E-state index in [9.17, 15) is 32.1 Å². The minimum Gasteiger partial charge on any atom is -0.268 e. The number of nitrogens with one attached hydrogen (secondary N) is 1. The van der Waals surface area contributed by atoms with Gasteiger partial charge in [-0.15, -0.1) is 0 Å². The highest BCUT2D eigenvalue weighted by Crippen LogP contribution is 2.21. The first-order valence-corrected chi connectivity index (χ1v) is 7.87. The van der Waals surface area contributed by atoms with Crippen LogP contribution in [0.4, 0.5) is 14.5 Å². The molecule has 0 saturated heterocycles. The fourth-order valence-electron chi connectivity index (χ4n) is 1.95. The monoisotopic (exact) mass is 356 g/mol. The van der Waals surface area contributed by atoms with Crippen LogP contribution in [0.5, 0.6) is 0 Å². The van der Waals surface area contributed by atoms with Crippen molar-refractivity contribution in [2.24, 2.45) is 0 Å². The molecule has 0 saturated carbocycles. The molecule has 0 atom stereocenters. The van der Waals surface area contributed by atoms with Gasteiger partial charge in [0.15, 0.2) is 0 Å². The predicted molar refractivity (Wildman–Crippen MR) is 78.8 cm³/mol. The number of carbonyl (C=O) groups excluding carboxylic acids is 1. The molecule has 0 aliphatic heterocycles. The Morgan fingerprint density at radius 3 is 2.42 bits per heavy atom. The zero-order valence-electron chi connectivity index (χ0n) is 12.1. The van der Waals surface area contributed by atoms with E-state index in [1.54, 1.807) is 4.72 Å². The van der Waals surface area contributed by atoms with E-state index in [-0.39, 0.29) is 11.3 Å². The van der Waals surface area contributed by atoms with Crippen molar-refractivity contribution < 1.29 is 26.9 Å². The Morgan fingerprint density at radius 2 is 1.83 bits per heavy atom. The molecule has 0 aliphatic carbocycles. The van der Waals surface area contributed by atoms with E-state index in [4.69, 9.17) is 0 Å². The molecule has 0 spiro atoms. The molecule has 0 unspecified atom stereocenters. The lowest BCUT2D eigenvalue weighted by molar-refractivity contribution is -0.385. The Hall–Kier alpha value is -2.88. The highest BCUT2D eigenvalue weighted by Gasteiger charge is 2.24. The number of sulfonamides is 1. The first-order valence-electron chi connectivity index (χ1n) is 6.39. The van der Waals surface area contributed by atoms with Gasteiger partial charge in [0.25, 0.3) is 21.6 Å². The van der Waals surface area contributed by atoms with Gasteiger partial charge in [0, 0.05) is 12.1 Å². The van der Waals surface area contributed by atoms with Crippen molar-refractivity contribution in [2.75, 3.05) is 0 Å². The lowest BCUT2D eigenvalue weighted by Gasteiger charge is -2.10. The summed E-state index contributed by atoms with van der Waals surface area (Å²) in [5.74, 6) is -3.36. The molecular weight excluding hydrogens is 346 g/mol. The number of benzene rings is 2. The number of carbonyl (C=O) groups is 1. The standard InChI is InChI=1S/C14H10F2N2O5S/c1-8-6-10(18(20)21)3-5-13(8)24(22,23)17-14(19)11-7-9(15)2-4-12(11)16/h2-7H,1H3,(H,17,19). The summed E-state index contributed by atoms with van der Waals surface area (Å²) in [6.07, 6.45) is 0. The summed E-state index contributed by atoms with van der Waals surface area (Å²) in [6, 6.07) is 4.94. The van der Waals surface area contributed by atoms with E-state index in [1.165, 1.54) is 6.92 Å². The number of hydrogen-bond acceptors (Lipinski definition) is 5. The summed E-state index contributed by atoms with van der Waals surface area (Å²) in [5, 5.41) is 10.7. The van der Waals surface area contributed by atoms with Crippen LogP contribution in [0.2, 0.25) is 0 Å². The summed E-state index contributed by atoms with van der Waals surface area (Å²) >= 11 is 0. The maximum Gasteiger partial charge on any atom is 0.269 e. The van der Waals surface area contributed by atoms with Crippen LogP contribution >= 0.6 is 0 Å². The van der Waals surface area contributed by atoms with Crippen LogP contribution in [0.1, 0.15) is 15.9 Å².